The molecule has 0 amide bonds. The topological polar surface area (TPSA) is 18.5 Å². The summed E-state index contributed by atoms with van der Waals surface area (Å²) in [7, 11) is 0. The highest BCUT2D eigenvalue weighted by Gasteiger charge is 2.30. The quantitative estimate of drug-likeness (QED) is 0.600. The maximum Gasteiger partial charge on any atom is 0.0858 e. The van der Waals surface area contributed by atoms with Crippen molar-refractivity contribution >= 4 is 0 Å². The number of hydrogen-bond donors (Lipinski definition) is 0. The summed E-state index contributed by atoms with van der Waals surface area (Å²) < 4.78 is 11.3. The second-order valence-corrected chi connectivity index (χ2v) is 4.99. The van der Waals surface area contributed by atoms with Crippen molar-refractivity contribution in [3.05, 3.63) is 0 Å². The Morgan fingerprint density at radius 3 is 2.62 bits per heavy atom. The van der Waals surface area contributed by atoms with Crippen LogP contribution in [0.1, 0.15) is 52.9 Å². The third-order valence-corrected chi connectivity index (χ3v) is 3.75. The Labute approximate surface area is 101 Å². The molecule has 0 spiro atoms. The molecule has 0 saturated carbocycles. The van der Waals surface area contributed by atoms with Crippen LogP contribution in [-0.2, 0) is 9.47 Å². The molecule has 2 nitrogen and oxygen atoms in total. The number of unbranched alkanes of at least 4 members (excludes halogenated alkanes) is 1. The second-order valence-electron chi connectivity index (χ2n) is 4.99. The Morgan fingerprint density at radius 1 is 1.31 bits per heavy atom. The van der Waals surface area contributed by atoms with Gasteiger partial charge in [-0.2, -0.15) is 0 Å². The summed E-state index contributed by atoms with van der Waals surface area (Å²) in [5.41, 5.74) is 0. The highest BCUT2D eigenvalue weighted by Crippen LogP contribution is 2.24. The minimum absolute atomic E-state index is 0.383. The van der Waals surface area contributed by atoms with E-state index in [9.17, 15) is 0 Å². The first-order valence-electron chi connectivity index (χ1n) is 7.01. The predicted octanol–water partition coefficient (Wildman–Crippen LogP) is 3.64. The van der Waals surface area contributed by atoms with Gasteiger partial charge in [-0.15, -0.1) is 0 Å². The lowest BCUT2D eigenvalue weighted by atomic mass is 9.96. The smallest absolute Gasteiger partial charge is 0.0858 e. The van der Waals surface area contributed by atoms with Gasteiger partial charge in [-0.05, 0) is 18.8 Å². The van der Waals surface area contributed by atoms with Gasteiger partial charge in [0.1, 0.15) is 0 Å². The van der Waals surface area contributed by atoms with Crippen LogP contribution < -0.4 is 0 Å². The SMILES string of the molecule is CCCCC(CC)COCC1OCC1CC. The molecule has 1 fully saturated rings. The van der Waals surface area contributed by atoms with E-state index in [2.05, 4.69) is 20.8 Å². The van der Waals surface area contributed by atoms with Gasteiger partial charge >= 0.3 is 0 Å². The van der Waals surface area contributed by atoms with Crippen molar-refractivity contribution < 1.29 is 9.47 Å². The molecule has 3 atom stereocenters. The zero-order valence-electron chi connectivity index (χ0n) is 11.2. The second kappa shape index (κ2) is 8.08. The number of rotatable bonds is 9. The van der Waals surface area contributed by atoms with Crippen LogP contribution in [0.4, 0.5) is 0 Å². The van der Waals surface area contributed by atoms with Crippen LogP contribution in [-0.4, -0.2) is 25.9 Å². The maximum atomic E-state index is 5.79. The number of ether oxygens (including phenoxy) is 2. The monoisotopic (exact) mass is 228 g/mol. The van der Waals surface area contributed by atoms with Crippen LogP contribution in [0.2, 0.25) is 0 Å². The summed E-state index contributed by atoms with van der Waals surface area (Å²) in [6.07, 6.45) is 6.78. The lowest BCUT2D eigenvalue weighted by Gasteiger charge is -2.36. The summed E-state index contributed by atoms with van der Waals surface area (Å²) in [5.74, 6) is 1.50. The van der Waals surface area contributed by atoms with Crippen LogP contribution >= 0.6 is 0 Å². The third-order valence-electron chi connectivity index (χ3n) is 3.75. The van der Waals surface area contributed by atoms with Crippen molar-refractivity contribution in [2.45, 2.75) is 59.0 Å². The van der Waals surface area contributed by atoms with Crippen molar-refractivity contribution in [2.75, 3.05) is 19.8 Å². The lowest BCUT2D eigenvalue weighted by molar-refractivity contribution is -0.149. The van der Waals surface area contributed by atoms with Gasteiger partial charge in [-0.25, -0.2) is 0 Å². The van der Waals surface area contributed by atoms with E-state index >= 15 is 0 Å². The Hall–Kier alpha value is -0.0800. The molecule has 16 heavy (non-hydrogen) atoms. The van der Waals surface area contributed by atoms with Crippen LogP contribution in [0, 0.1) is 11.8 Å². The first-order valence-corrected chi connectivity index (χ1v) is 7.01. The van der Waals surface area contributed by atoms with Crippen LogP contribution in [0.25, 0.3) is 0 Å². The molecular formula is C14H28O2. The standard InChI is InChI=1S/C14H28O2/c1-4-7-8-12(5-2)9-15-11-14-13(6-3)10-16-14/h12-14H,4-11H2,1-3H3. The highest BCUT2D eigenvalue weighted by atomic mass is 16.5. The van der Waals surface area contributed by atoms with E-state index in [1.54, 1.807) is 0 Å². The highest BCUT2D eigenvalue weighted by molar-refractivity contribution is 4.77. The molecule has 1 rings (SSSR count). The van der Waals surface area contributed by atoms with Gasteiger partial charge in [0, 0.05) is 12.5 Å². The molecule has 3 unspecified atom stereocenters. The van der Waals surface area contributed by atoms with E-state index in [0.717, 1.165) is 31.7 Å². The molecule has 1 aliphatic heterocycles. The summed E-state index contributed by atoms with van der Waals surface area (Å²) in [4.78, 5) is 0. The zero-order chi connectivity index (χ0) is 11.8. The normalized spacial score (nSPS) is 26.4. The zero-order valence-corrected chi connectivity index (χ0v) is 11.2. The molecule has 96 valence electrons. The lowest BCUT2D eigenvalue weighted by Crippen LogP contribution is -2.42. The molecule has 0 aromatic carbocycles. The Kier molecular flexibility index (Phi) is 7.06. The fourth-order valence-electron chi connectivity index (χ4n) is 2.18. The molecule has 0 aromatic rings. The minimum atomic E-state index is 0.383. The maximum absolute atomic E-state index is 5.79. The van der Waals surface area contributed by atoms with Gasteiger partial charge in [0.05, 0.1) is 19.3 Å². The first kappa shape index (κ1) is 14.0. The van der Waals surface area contributed by atoms with Crippen molar-refractivity contribution in [1.29, 1.82) is 0 Å². The van der Waals surface area contributed by atoms with Crippen LogP contribution in [0.5, 0.6) is 0 Å². The summed E-state index contributed by atoms with van der Waals surface area (Å²) in [5, 5.41) is 0. The largest absolute Gasteiger partial charge is 0.378 e. The Bertz CT molecular complexity index is 168. The molecule has 0 radical (unpaired) electrons. The predicted molar refractivity (Wildman–Crippen MR) is 67.6 cm³/mol. The van der Waals surface area contributed by atoms with E-state index < -0.39 is 0 Å². The Balaban J connectivity index is 2.04. The molecule has 1 heterocycles. The van der Waals surface area contributed by atoms with E-state index in [4.69, 9.17) is 9.47 Å². The molecule has 1 aliphatic rings. The third kappa shape index (κ3) is 4.42. The van der Waals surface area contributed by atoms with Crippen molar-refractivity contribution in [3.8, 4) is 0 Å². The van der Waals surface area contributed by atoms with E-state index in [1.807, 2.05) is 0 Å². The molecule has 1 saturated heterocycles. The number of hydrogen-bond acceptors (Lipinski definition) is 2. The van der Waals surface area contributed by atoms with Gasteiger partial charge in [0.25, 0.3) is 0 Å². The fourth-order valence-corrected chi connectivity index (χ4v) is 2.18. The minimum Gasteiger partial charge on any atom is -0.378 e. The average molecular weight is 228 g/mol. The van der Waals surface area contributed by atoms with Gasteiger partial charge in [0.15, 0.2) is 0 Å². The van der Waals surface area contributed by atoms with Gasteiger partial charge < -0.3 is 9.47 Å². The van der Waals surface area contributed by atoms with E-state index in [1.165, 1.54) is 32.1 Å². The summed E-state index contributed by atoms with van der Waals surface area (Å²) >= 11 is 0. The van der Waals surface area contributed by atoms with Gasteiger partial charge in [0.2, 0.25) is 0 Å². The van der Waals surface area contributed by atoms with Gasteiger partial charge in [-0.1, -0.05) is 40.0 Å². The summed E-state index contributed by atoms with van der Waals surface area (Å²) in [6, 6.07) is 0. The molecule has 0 aromatic heterocycles. The van der Waals surface area contributed by atoms with Crippen LogP contribution in [0.3, 0.4) is 0 Å². The summed E-state index contributed by atoms with van der Waals surface area (Å²) in [6.45, 7) is 9.42. The van der Waals surface area contributed by atoms with Crippen LogP contribution in [0.15, 0.2) is 0 Å². The van der Waals surface area contributed by atoms with Crippen molar-refractivity contribution in [3.63, 3.8) is 0 Å². The van der Waals surface area contributed by atoms with Gasteiger partial charge in [-0.3, -0.25) is 0 Å². The molecule has 2 heteroatoms. The first-order chi connectivity index (χ1) is 7.81. The molecule has 0 aliphatic carbocycles. The van der Waals surface area contributed by atoms with E-state index in [-0.39, 0.29) is 0 Å². The van der Waals surface area contributed by atoms with Crippen molar-refractivity contribution in [1.82, 2.24) is 0 Å². The fraction of sp³-hybridized carbons (Fsp3) is 1.00. The molecular weight excluding hydrogens is 200 g/mol. The molecule has 0 bridgehead atoms. The van der Waals surface area contributed by atoms with E-state index in [0.29, 0.717) is 6.10 Å². The molecule has 0 N–H and O–H groups in total. The van der Waals surface area contributed by atoms with Crippen molar-refractivity contribution in [2.24, 2.45) is 11.8 Å². The Morgan fingerprint density at radius 2 is 2.12 bits per heavy atom. The average Bonchev–Trinajstić information content (AvgIpc) is 2.27.